The Labute approximate surface area is 194 Å². The Morgan fingerprint density at radius 3 is 0.938 bits per heavy atom. The van der Waals surface area contributed by atoms with E-state index in [1.165, 1.54) is 0 Å². The van der Waals surface area contributed by atoms with E-state index in [2.05, 4.69) is 55.4 Å². The normalized spacial score (nSPS) is 13.2. The Kier molecular flexibility index (Phi) is 8.28. The second kappa shape index (κ2) is 10.3. The summed E-state index contributed by atoms with van der Waals surface area (Å²) in [6.07, 6.45) is 0. The molecule has 4 nitrogen and oxygen atoms in total. The Bertz CT molecular complexity index is 886. The molecule has 32 heavy (non-hydrogen) atoms. The number of aliphatic imine (C=N–C) groups is 2. The standard InChI is InChI=1S/C28H40N2O2/c1-15(2)23-11-21(31)12-24(16(3)4)27(23)29-19(9)20(10)30-28-25(17(5)6)13-22(32)14-26(28)18(7)8/h11-18,31-32H,1-10H3. The topological polar surface area (TPSA) is 65.2 Å². The molecule has 2 aromatic carbocycles. The van der Waals surface area contributed by atoms with Gasteiger partial charge in [-0.3, -0.25) is 9.98 Å². The van der Waals surface area contributed by atoms with Crippen LogP contribution in [-0.2, 0) is 0 Å². The van der Waals surface area contributed by atoms with Gasteiger partial charge in [0.25, 0.3) is 0 Å². The summed E-state index contributed by atoms with van der Waals surface area (Å²) in [4.78, 5) is 10.1. The first kappa shape index (κ1) is 25.6. The maximum absolute atomic E-state index is 10.2. The molecule has 0 atom stereocenters. The highest BCUT2D eigenvalue weighted by atomic mass is 16.3. The molecule has 0 aliphatic rings. The molecule has 2 N–H and O–H groups in total. The highest BCUT2D eigenvalue weighted by Crippen LogP contribution is 2.40. The fraction of sp³-hybridized carbons (Fsp3) is 0.500. The zero-order chi connectivity index (χ0) is 24.3. The molecule has 174 valence electrons. The monoisotopic (exact) mass is 436 g/mol. The third kappa shape index (κ3) is 5.79. The second-order valence-electron chi connectivity index (χ2n) is 9.96. The molecule has 0 radical (unpaired) electrons. The lowest BCUT2D eigenvalue weighted by Gasteiger charge is -2.19. The summed E-state index contributed by atoms with van der Waals surface area (Å²) in [7, 11) is 0. The van der Waals surface area contributed by atoms with Gasteiger partial charge in [-0.1, -0.05) is 55.4 Å². The Balaban J connectivity index is 2.70. The van der Waals surface area contributed by atoms with Crippen molar-refractivity contribution < 1.29 is 10.2 Å². The molecule has 0 saturated carbocycles. The van der Waals surface area contributed by atoms with E-state index in [1.54, 1.807) is 0 Å². The zero-order valence-electron chi connectivity index (χ0n) is 21.4. The van der Waals surface area contributed by atoms with Crippen molar-refractivity contribution in [2.45, 2.75) is 92.9 Å². The van der Waals surface area contributed by atoms with Crippen molar-refractivity contribution in [3.8, 4) is 11.5 Å². The second-order valence-corrected chi connectivity index (χ2v) is 9.96. The minimum absolute atomic E-state index is 0.237. The van der Waals surface area contributed by atoms with Crippen molar-refractivity contribution in [1.82, 2.24) is 0 Å². The van der Waals surface area contributed by atoms with Crippen LogP contribution in [0.1, 0.15) is 115 Å². The minimum Gasteiger partial charge on any atom is -0.508 e. The fourth-order valence-electron chi connectivity index (χ4n) is 3.84. The van der Waals surface area contributed by atoms with Crippen LogP contribution in [0, 0.1) is 0 Å². The largest absolute Gasteiger partial charge is 0.508 e. The number of nitrogens with zero attached hydrogens (tertiary/aromatic N) is 2. The Hall–Kier alpha value is -2.62. The number of phenols is 2. The number of rotatable bonds is 7. The van der Waals surface area contributed by atoms with Crippen LogP contribution in [0.15, 0.2) is 34.3 Å². The van der Waals surface area contributed by atoms with Gasteiger partial charge in [-0.15, -0.1) is 0 Å². The van der Waals surface area contributed by atoms with E-state index in [9.17, 15) is 10.2 Å². The molecule has 2 aromatic rings. The first-order valence-electron chi connectivity index (χ1n) is 11.7. The van der Waals surface area contributed by atoms with Gasteiger partial charge in [-0.25, -0.2) is 0 Å². The summed E-state index contributed by atoms with van der Waals surface area (Å²) in [6.45, 7) is 20.9. The molecule has 0 bridgehead atoms. The van der Waals surface area contributed by atoms with Crippen LogP contribution in [0.5, 0.6) is 11.5 Å². The maximum Gasteiger partial charge on any atom is 0.116 e. The molecule has 0 fully saturated rings. The van der Waals surface area contributed by atoms with E-state index < -0.39 is 0 Å². The molecular formula is C28H40N2O2. The van der Waals surface area contributed by atoms with Gasteiger partial charge < -0.3 is 10.2 Å². The average Bonchev–Trinajstić information content (AvgIpc) is 2.68. The van der Waals surface area contributed by atoms with Crippen LogP contribution in [0.4, 0.5) is 11.4 Å². The lowest BCUT2D eigenvalue weighted by atomic mass is 9.92. The molecular weight excluding hydrogens is 396 g/mol. The zero-order valence-corrected chi connectivity index (χ0v) is 21.4. The summed E-state index contributed by atoms with van der Waals surface area (Å²) in [5.74, 6) is 1.51. The van der Waals surface area contributed by atoms with Crippen LogP contribution in [0.3, 0.4) is 0 Å². The number of hydrogen-bond donors (Lipinski definition) is 2. The summed E-state index contributed by atoms with van der Waals surface area (Å²) in [6, 6.07) is 7.29. The van der Waals surface area contributed by atoms with E-state index in [1.807, 2.05) is 38.1 Å². The third-order valence-corrected chi connectivity index (χ3v) is 5.88. The Morgan fingerprint density at radius 2 is 0.750 bits per heavy atom. The highest BCUT2D eigenvalue weighted by molar-refractivity contribution is 6.41. The fourth-order valence-corrected chi connectivity index (χ4v) is 3.84. The molecule has 0 spiro atoms. The summed E-state index contributed by atoms with van der Waals surface area (Å²) < 4.78 is 0. The highest BCUT2D eigenvalue weighted by Gasteiger charge is 2.18. The molecule has 0 heterocycles. The molecule has 0 aromatic heterocycles. The molecule has 0 saturated heterocycles. The first-order valence-corrected chi connectivity index (χ1v) is 11.7. The smallest absolute Gasteiger partial charge is 0.116 e. The van der Waals surface area contributed by atoms with Gasteiger partial charge >= 0.3 is 0 Å². The van der Waals surface area contributed by atoms with Crippen LogP contribution >= 0.6 is 0 Å². The van der Waals surface area contributed by atoms with Crippen molar-refractivity contribution in [2.75, 3.05) is 0 Å². The van der Waals surface area contributed by atoms with E-state index in [0.717, 1.165) is 45.1 Å². The van der Waals surface area contributed by atoms with Crippen molar-refractivity contribution in [1.29, 1.82) is 0 Å². The lowest BCUT2D eigenvalue weighted by molar-refractivity contribution is 0.472. The van der Waals surface area contributed by atoms with E-state index in [0.29, 0.717) is 0 Å². The minimum atomic E-state index is 0.237. The predicted octanol–water partition coefficient (Wildman–Crippen LogP) is 8.48. The van der Waals surface area contributed by atoms with E-state index in [4.69, 9.17) is 9.98 Å². The van der Waals surface area contributed by atoms with Crippen LogP contribution in [0.2, 0.25) is 0 Å². The summed E-state index contributed by atoms with van der Waals surface area (Å²) in [5.41, 5.74) is 7.70. The van der Waals surface area contributed by atoms with Gasteiger partial charge in [-0.05, 0) is 84.0 Å². The number of benzene rings is 2. The van der Waals surface area contributed by atoms with Crippen molar-refractivity contribution in [3.63, 3.8) is 0 Å². The van der Waals surface area contributed by atoms with Crippen LogP contribution in [-0.4, -0.2) is 21.6 Å². The van der Waals surface area contributed by atoms with Gasteiger partial charge in [0, 0.05) is 0 Å². The van der Waals surface area contributed by atoms with Gasteiger partial charge in [0.15, 0.2) is 0 Å². The molecule has 0 unspecified atom stereocenters. The van der Waals surface area contributed by atoms with Gasteiger partial charge in [0.2, 0.25) is 0 Å². The van der Waals surface area contributed by atoms with Crippen LogP contribution < -0.4 is 0 Å². The van der Waals surface area contributed by atoms with Gasteiger partial charge in [-0.2, -0.15) is 0 Å². The van der Waals surface area contributed by atoms with Crippen LogP contribution in [0.25, 0.3) is 0 Å². The van der Waals surface area contributed by atoms with Crippen molar-refractivity contribution in [3.05, 3.63) is 46.5 Å². The quantitative estimate of drug-likeness (QED) is 0.427. The number of aromatic hydroxyl groups is 2. The number of phenolic OH excluding ortho intramolecular Hbond substituents is 2. The number of hydrogen-bond acceptors (Lipinski definition) is 4. The van der Waals surface area contributed by atoms with Crippen molar-refractivity contribution in [2.24, 2.45) is 9.98 Å². The molecule has 2 rings (SSSR count). The molecule has 0 aliphatic heterocycles. The summed E-state index contributed by atoms with van der Waals surface area (Å²) >= 11 is 0. The van der Waals surface area contributed by atoms with E-state index >= 15 is 0 Å². The average molecular weight is 437 g/mol. The molecule has 0 amide bonds. The van der Waals surface area contributed by atoms with Gasteiger partial charge in [0.1, 0.15) is 11.5 Å². The maximum atomic E-state index is 10.2. The molecule has 0 aliphatic carbocycles. The lowest BCUT2D eigenvalue weighted by Crippen LogP contribution is -2.07. The first-order chi connectivity index (χ1) is 14.8. The van der Waals surface area contributed by atoms with Crippen molar-refractivity contribution >= 4 is 22.8 Å². The van der Waals surface area contributed by atoms with E-state index in [-0.39, 0.29) is 35.2 Å². The molecule has 4 heteroatoms. The SMILES string of the molecule is CC(=Nc1c(C(C)C)cc(O)cc1C(C)C)C(C)=Nc1c(C(C)C)cc(O)cc1C(C)C. The summed E-state index contributed by atoms with van der Waals surface area (Å²) in [5, 5.41) is 20.5. The Morgan fingerprint density at radius 1 is 0.531 bits per heavy atom. The predicted molar refractivity (Wildman–Crippen MR) is 138 cm³/mol. The third-order valence-electron chi connectivity index (χ3n) is 5.88. The van der Waals surface area contributed by atoms with Gasteiger partial charge in [0.05, 0.1) is 22.8 Å².